The minimum absolute atomic E-state index is 0.170. The average Bonchev–Trinajstić information content (AvgIpc) is 2.92. The van der Waals surface area contributed by atoms with E-state index >= 15 is 0 Å². The van der Waals surface area contributed by atoms with E-state index in [4.69, 9.17) is 16.3 Å². The predicted molar refractivity (Wildman–Crippen MR) is 151 cm³/mol. The fraction of sp³-hybridized carbons (Fsp3) is 0.300. The van der Waals surface area contributed by atoms with E-state index in [1.54, 1.807) is 26.0 Å². The molecule has 39 heavy (non-hydrogen) atoms. The van der Waals surface area contributed by atoms with E-state index in [1.807, 2.05) is 60.7 Å². The fourth-order valence-electron chi connectivity index (χ4n) is 3.93. The third-order valence-corrected chi connectivity index (χ3v) is 6.26. The number of carbonyl (C=O) groups is 3. The summed E-state index contributed by atoms with van der Waals surface area (Å²) in [6.45, 7) is 4.94. The molecule has 0 aliphatic carbocycles. The normalized spacial score (nSPS) is 12.4. The smallest absolute Gasteiger partial charge is 0.326 e. The summed E-state index contributed by atoms with van der Waals surface area (Å²) in [5.74, 6) is -2.32. The lowest BCUT2D eigenvalue weighted by Crippen LogP contribution is -2.53. The lowest BCUT2D eigenvalue weighted by Gasteiger charge is -2.24. The van der Waals surface area contributed by atoms with Crippen LogP contribution in [0, 0.1) is 5.92 Å². The third kappa shape index (κ3) is 9.42. The molecule has 0 fully saturated rings. The van der Waals surface area contributed by atoms with Gasteiger partial charge in [0, 0.05) is 24.5 Å². The van der Waals surface area contributed by atoms with Crippen LogP contribution in [-0.4, -0.2) is 48.1 Å². The maximum Gasteiger partial charge on any atom is 0.326 e. The van der Waals surface area contributed by atoms with E-state index < -0.39 is 29.9 Å². The first kappa shape index (κ1) is 29.7. The van der Waals surface area contributed by atoms with E-state index in [0.717, 1.165) is 11.1 Å². The van der Waals surface area contributed by atoms with Crippen LogP contribution >= 0.6 is 11.6 Å². The van der Waals surface area contributed by atoms with Gasteiger partial charge in [-0.05, 0) is 35.2 Å². The molecule has 0 aliphatic heterocycles. The second-order valence-electron chi connectivity index (χ2n) is 9.44. The first-order chi connectivity index (χ1) is 18.7. The molecular weight excluding hydrogens is 518 g/mol. The molecule has 0 saturated carbocycles. The summed E-state index contributed by atoms with van der Waals surface area (Å²) in [5.41, 5.74) is 2.13. The first-order valence-electron chi connectivity index (χ1n) is 12.8. The van der Waals surface area contributed by atoms with Crippen LogP contribution in [0.15, 0.2) is 78.9 Å². The highest BCUT2D eigenvalue weighted by Crippen LogP contribution is 2.23. The molecule has 206 valence electrons. The molecule has 3 aromatic rings. The Labute approximate surface area is 233 Å². The van der Waals surface area contributed by atoms with Gasteiger partial charge >= 0.3 is 5.97 Å². The highest BCUT2D eigenvalue weighted by molar-refractivity contribution is 6.31. The summed E-state index contributed by atoms with van der Waals surface area (Å²) < 4.78 is 5.88. The van der Waals surface area contributed by atoms with Gasteiger partial charge in [-0.15, -0.1) is 0 Å². The van der Waals surface area contributed by atoms with E-state index in [2.05, 4.69) is 16.0 Å². The van der Waals surface area contributed by atoms with Gasteiger partial charge in [0.05, 0.1) is 5.56 Å². The quantitative estimate of drug-likeness (QED) is 0.224. The van der Waals surface area contributed by atoms with Crippen LogP contribution in [0.4, 0.5) is 0 Å². The summed E-state index contributed by atoms with van der Waals surface area (Å²) in [6, 6.07) is 21.7. The lowest BCUT2D eigenvalue weighted by atomic mass is 10.0. The maximum atomic E-state index is 13.4. The molecule has 9 heteroatoms. The van der Waals surface area contributed by atoms with Gasteiger partial charge in [0.15, 0.2) is 0 Å². The first-order valence-corrected chi connectivity index (χ1v) is 13.2. The fourth-order valence-corrected chi connectivity index (χ4v) is 4.10. The molecule has 3 aromatic carbocycles. The minimum Gasteiger partial charge on any atom is -0.491 e. The Kier molecular flexibility index (Phi) is 11.3. The Balaban J connectivity index is 1.71. The number of carboxylic acid groups (broad SMARTS) is 1. The number of amides is 2. The summed E-state index contributed by atoms with van der Waals surface area (Å²) >= 11 is 6.19. The van der Waals surface area contributed by atoms with Crippen molar-refractivity contribution in [3.8, 4) is 5.75 Å². The van der Waals surface area contributed by atoms with Crippen LogP contribution in [0.1, 0.15) is 35.3 Å². The molecule has 0 bridgehead atoms. The second kappa shape index (κ2) is 14.9. The lowest BCUT2D eigenvalue weighted by molar-refractivity contribution is -0.143. The van der Waals surface area contributed by atoms with E-state index in [9.17, 15) is 19.5 Å². The zero-order chi connectivity index (χ0) is 28.2. The van der Waals surface area contributed by atoms with Crippen LogP contribution in [-0.2, 0) is 22.6 Å². The zero-order valence-corrected chi connectivity index (χ0v) is 22.8. The highest BCUT2D eigenvalue weighted by atomic mass is 35.5. The Morgan fingerprint density at radius 3 is 2.15 bits per heavy atom. The van der Waals surface area contributed by atoms with E-state index in [0.29, 0.717) is 30.5 Å². The molecule has 2 amide bonds. The van der Waals surface area contributed by atoms with E-state index in [1.165, 1.54) is 6.07 Å². The van der Waals surface area contributed by atoms with Gasteiger partial charge in [0.25, 0.3) is 5.91 Å². The Bertz CT molecular complexity index is 1240. The zero-order valence-electron chi connectivity index (χ0n) is 22.0. The van der Waals surface area contributed by atoms with E-state index in [-0.39, 0.29) is 17.9 Å². The number of hydrogen-bond donors (Lipinski definition) is 4. The van der Waals surface area contributed by atoms with Crippen molar-refractivity contribution < 1.29 is 24.2 Å². The van der Waals surface area contributed by atoms with Gasteiger partial charge in [0.2, 0.25) is 5.91 Å². The number of carboxylic acids is 1. The number of carbonyl (C=O) groups excluding carboxylic acids is 2. The van der Waals surface area contributed by atoms with Crippen molar-refractivity contribution in [2.24, 2.45) is 5.92 Å². The van der Waals surface area contributed by atoms with Crippen LogP contribution in [0.3, 0.4) is 0 Å². The number of aliphatic carboxylic acids is 1. The van der Waals surface area contributed by atoms with Gasteiger partial charge < -0.3 is 25.8 Å². The molecule has 0 spiro atoms. The maximum absolute atomic E-state index is 13.4. The summed E-state index contributed by atoms with van der Waals surface area (Å²) in [6.07, 6.45) is 0.170. The summed E-state index contributed by atoms with van der Waals surface area (Å²) in [5, 5.41) is 18.5. The van der Waals surface area contributed by atoms with Crippen molar-refractivity contribution >= 4 is 29.4 Å². The monoisotopic (exact) mass is 551 g/mol. The summed E-state index contributed by atoms with van der Waals surface area (Å²) in [4.78, 5) is 38.3. The average molecular weight is 552 g/mol. The van der Waals surface area contributed by atoms with Crippen molar-refractivity contribution in [1.29, 1.82) is 0 Å². The van der Waals surface area contributed by atoms with Crippen molar-refractivity contribution in [2.75, 3.05) is 13.2 Å². The van der Waals surface area contributed by atoms with Crippen LogP contribution in [0.25, 0.3) is 0 Å². The predicted octanol–water partition coefficient (Wildman–Crippen LogP) is 4.08. The van der Waals surface area contributed by atoms with Gasteiger partial charge in [-0.1, -0.05) is 86.1 Å². The molecule has 8 nitrogen and oxygen atoms in total. The van der Waals surface area contributed by atoms with Crippen LogP contribution in [0.5, 0.6) is 5.75 Å². The number of ether oxygens (including phenoxy) is 1. The molecule has 0 aromatic heterocycles. The molecule has 2 atom stereocenters. The largest absolute Gasteiger partial charge is 0.491 e. The minimum atomic E-state index is -1.14. The number of rotatable bonds is 14. The molecule has 0 radical (unpaired) electrons. The second-order valence-corrected chi connectivity index (χ2v) is 9.87. The van der Waals surface area contributed by atoms with Gasteiger partial charge in [-0.2, -0.15) is 0 Å². The van der Waals surface area contributed by atoms with Gasteiger partial charge in [0.1, 0.15) is 24.4 Å². The number of halogens is 1. The molecule has 3 rings (SSSR count). The highest BCUT2D eigenvalue weighted by Gasteiger charge is 2.29. The standard InChI is InChI=1S/C30H34ClN3O5/c1-20(2)27(30(37)38)34-29(36)25(17-21-9-5-3-6-10-21)33-28(35)24-18-23(31)13-14-26(24)39-16-15-32-19-22-11-7-4-8-12-22/h3-14,18,20,25,27,32H,15-17,19H2,1-2H3,(H,33,35)(H,34,36)(H,37,38)/t25-,27-/m0/s1. The molecular formula is C30H34ClN3O5. The molecule has 0 unspecified atom stereocenters. The van der Waals surface area contributed by atoms with Crippen molar-refractivity contribution in [3.05, 3.63) is 101 Å². The Morgan fingerprint density at radius 2 is 1.54 bits per heavy atom. The van der Waals surface area contributed by atoms with Gasteiger partial charge in [-0.3, -0.25) is 9.59 Å². The molecule has 4 N–H and O–H groups in total. The van der Waals surface area contributed by atoms with Crippen LogP contribution in [0.2, 0.25) is 5.02 Å². The number of nitrogens with one attached hydrogen (secondary N) is 3. The SMILES string of the molecule is CC(C)[C@H](NC(=O)[C@H](Cc1ccccc1)NC(=O)c1cc(Cl)ccc1OCCNCc1ccccc1)C(=O)O. The van der Waals surface area contributed by atoms with Crippen molar-refractivity contribution in [2.45, 2.75) is 38.9 Å². The Morgan fingerprint density at radius 1 is 0.897 bits per heavy atom. The molecule has 0 aliphatic rings. The molecule has 0 saturated heterocycles. The number of hydrogen-bond acceptors (Lipinski definition) is 5. The third-order valence-electron chi connectivity index (χ3n) is 6.03. The van der Waals surface area contributed by atoms with Crippen molar-refractivity contribution in [3.63, 3.8) is 0 Å². The van der Waals surface area contributed by atoms with Crippen molar-refractivity contribution in [1.82, 2.24) is 16.0 Å². The Hall–Kier alpha value is -3.88. The number of benzene rings is 3. The summed E-state index contributed by atoms with van der Waals surface area (Å²) in [7, 11) is 0. The van der Waals surface area contributed by atoms with Crippen LogP contribution < -0.4 is 20.7 Å². The topological polar surface area (TPSA) is 117 Å². The molecule has 0 heterocycles. The van der Waals surface area contributed by atoms with Gasteiger partial charge in [-0.25, -0.2) is 4.79 Å².